The predicted octanol–water partition coefficient (Wildman–Crippen LogP) is 8.49. The number of nitrogens with one attached hydrogen (secondary N) is 1. The molecule has 0 aliphatic rings. The summed E-state index contributed by atoms with van der Waals surface area (Å²) >= 11 is 0. The summed E-state index contributed by atoms with van der Waals surface area (Å²) in [7, 11) is 1.27. The summed E-state index contributed by atoms with van der Waals surface area (Å²) in [5, 5.41) is 13.6. The van der Waals surface area contributed by atoms with Crippen molar-refractivity contribution in [1.82, 2.24) is 5.32 Å². The first-order valence-electron chi connectivity index (χ1n) is 18.1. The number of phosphoric ester groups is 1. The van der Waals surface area contributed by atoms with E-state index < -0.39 is 20.0 Å². The fourth-order valence-corrected chi connectivity index (χ4v) is 5.31. The van der Waals surface area contributed by atoms with Crippen molar-refractivity contribution in [1.29, 1.82) is 0 Å². The number of hydrogen-bond donors (Lipinski definition) is 2. The van der Waals surface area contributed by atoms with Crippen molar-refractivity contribution in [2.45, 2.75) is 135 Å². The van der Waals surface area contributed by atoms with Gasteiger partial charge in [0.1, 0.15) is 13.2 Å². The van der Waals surface area contributed by atoms with E-state index in [9.17, 15) is 19.4 Å². The van der Waals surface area contributed by atoms with Gasteiger partial charge < -0.3 is 28.8 Å². The van der Waals surface area contributed by atoms with Crippen LogP contribution in [0.1, 0.15) is 123 Å². The van der Waals surface area contributed by atoms with Crippen LogP contribution < -0.4 is 10.2 Å². The van der Waals surface area contributed by atoms with Gasteiger partial charge in [0.15, 0.2) is 0 Å². The number of aliphatic hydroxyl groups is 1. The lowest BCUT2D eigenvalue weighted by molar-refractivity contribution is -0.870. The standard InChI is InChI=1S/C38H69N2O6P/c1-6-8-10-12-13-14-15-16-17-18-19-20-21-22-23-24-25-26-27-28-30-32-38(42)39-36(37(41)31-29-11-9-7-2)35-46-47(43,44)45-34-33-40(3,4)5/h8,10,13-14,16-17,19-20,22-23,36-37,41H,6-7,9,11-12,15,18,21,24-35H2,1-5H3,(H-,39,42,43,44)/b10-8-,14-13-,17-16-,20-19-,23-22-. The van der Waals surface area contributed by atoms with Crippen LogP contribution >= 0.6 is 7.82 Å². The molecule has 0 aliphatic heterocycles. The highest BCUT2D eigenvalue weighted by Crippen LogP contribution is 2.38. The van der Waals surface area contributed by atoms with Gasteiger partial charge >= 0.3 is 0 Å². The second-order valence-electron chi connectivity index (χ2n) is 13.2. The number of rotatable bonds is 31. The molecular weight excluding hydrogens is 611 g/mol. The number of carbonyl (C=O) groups is 1. The van der Waals surface area contributed by atoms with Gasteiger partial charge in [-0.1, -0.05) is 120 Å². The van der Waals surface area contributed by atoms with Gasteiger partial charge in [0, 0.05) is 6.42 Å². The molecule has 272 valence electrons. The van der Waals surface area contributed by atoms with Crippen LogP contribution in [-0.2, 0) is 18.4 Å². The highest BCUT2D eigenvalue weighted by atomic mass is 31.2. The Labute approximate surface area is 288 Å². The van der Waals surface area contributed by atoms with Crippen molar-refractivity contribution in [3.8, 4) is 0 Å². The van der Waals surface area contributed by atoms with E-state index in [1.54, 1.807) is 0 Å². The van der Waals surface area contributed by atoms with E-state index in [1.165, 1.54) is 0 Å². The number of carbonyl (C=O) groups excluding carboxylic acids is 1. The molecule has 3 unspecified atom stereocenters. The Bertz CT molecular complexity index is 954. The SMILES string of the molecule is CC/C=C\C/C=C\C/C=C\C/C=C\C/C=C\CCCCCCCC(=O)NC(COP(=O)([O-])OCC[N+](C)(C)C)C(O)CCCCCC. The molecule has 8 nitrogen and oxygen atoms in total. The zero-order chi connectivity index (χ0) is 35.1. The number of hydrogen-bond acceptors (Lipinski definition) is 6. The summed E-state index contributed by atoms with van der Waals surface area (Å²) in [5.74, 6) is -0.198. The van der Waals surface area contributed by atoms with E-state index >= 15 is 0 Å². The van der Waals surface area contributed by atoms with Crippen molar-refractivity contribution in [3.05, 3.63) is 60.8 Å². The molecule has 1 amide bonds. The molecule has 0 bridgehead atoms. The fourth-order valence-electron chi connectivity index (χ4n) is 4.59. The monoisotopic (exact) mass is 680 g/mol. The third-order valence-corrected chi connectivity index (χ3v) is 8.48. The first kappa shape index (κ1) is 45.2. The second kappa shape index (κ2) is 30.3. The Morgan fingerprint density at radius 3 is 1.87 bits per heavy atom. The maximum absolute atomic E-state index is 12.7. The quantitative estimate of drug-likeness (QED) is 0.0329. The number of aliphatic hydroxyl groups excluding tert-OH is 1. The molecule has 3 atom stereocenters. The Balaban J connectivity index is 4.23. The van der Waals surface area contributed by atoms with Gasteiger partial charge in [-0.2, -0.15) is 0 Å². The van der Waals surface area contributed by atoms with E-state index in [1.807, 2.05) is 21.1 Å². The summed E-state index contributed by atoms with van der Waals surface area (Å²) in [4.78, 5) is 24.9. The molecule has 0 aromatic carbocycles. The first-order valence-corrected chi connectivity index (χ1v) is 19.6. The Morgan fingerprint density at radius 1 is 0.766 bits per heavy atom. The summed E-state index contributed by atoms with van der Waals surface area (Å²) in [5.41, 5.74) is 0. The number of unbranched alkanes of at least 4 members (excludes halogenated alkanes) is 8. The highest BCUT2D eigenvalue weighted by Gasteiger charge is 2.24. The third kappa shape index (κ3) is 32.5. The van der Waals surface area contributed by atoms with Gasteiger partial charge in [-0.25, -0.2) is 0 Å². The summed E-state index contributed by atoms with van der Waals surface area (Å²) < 4.78 is 22.9. The molecule has 0 spiro atoms. The molecule has 2 N–H and O–H groups in total. The van der Waals surface area contributed by atoms with Crippen molar-refractivity contribution in [3.63, 3.8) is 0 Å². The average molecular weight is 681 g/mol. The van der Waals surface area contributed by atoms with Crippen molar-refractivity contribution >= 4 is 13.7 Å². The third-order valence-electron chi connectivity index (χ3n) is 7.52. The molecule has 0 aromatic heterocycles. The molecule has 0 aromatic rings. The van der Waals surface area contributed by atoms with Crippen LogP contribution in [0.15, 0.2) is 60.8 Å². The van der Waals surface area contributed by atoms with Gasteiger partial charge in [-0.15, -0.1) is 0 Å². The van der Waals surface area contributed by atoms with Gasteiger partial charge in [-0.3, -0.25) is 9.36 Å². The number of nitrogens with zero attached hydrogens (tertiary/aromatic N) is 1. The lowest BCUT2D eigenvalue weighted by Crippen LogP contribution is -2.46. The average Bonchev–Trinajstić information content (AvgIpc) is 3.01. The van der Waals surface area contributed by atoms with Gasteiger partial charge in [-0.05, 0) is 57.8 Å². The van der Waals surface area contributed by atoms with Crippen LogP contribution in [0, 0.1) is 0 Å². The molecule has 47 heavy (non-hydrogen) atoms. The second-order valence-corrected chi connectivity index (χ2v) is 14.6. The van der Waals surface area contributed by atoms with Crippen molar-refractivity contribution < 1.29 is 32.9 Å². The van der Waals surface area contributed by atoms with Crippen LogP contribution in [0.2, 0.25) is 0 Å². The van der Waals surface area contributed by atoms with E-state index in [2.05, 4.69) is 79.9 Å². The molecule has 0 fully saturated rings. The minimum absolute atomic E-state index is 0.00317. The maximum atomic E-state index is 12.7. The van der Waals surface area contributed by atoms with Crippen molar-refractivity contribution in [2.75, 3.05) is 40.9 Å². The lowest BCUT2D eigenvalue weighted by Gasteiger charge is -2.30. The summed E-state index contributed by atoms with van der Waals surface area (Å²) in [6, 6.07) is -0.808. The lowest BCUT2D eigenvalue weighted by atomic mass is 10.0. The maximum Gasteiger partial charge on any atom is 0.268 e. The molecule has 9 heteroatoms. The van der Waals surface area contributed by atoms with Crippen LogP contribution in [0.5, 0.6) is 0 Å². The van der Waals surface area contributed by atoms with Gasteiger partial charge in [0.2, 0.25) is 5.91 Å². The smallest absolute Gasteiger partial charge is 0.268 e. The Hall–Kier alpha value is -1.80. The molecule has 0 saturated heterocycles. The topological polar surface area (TPSA) is 108 Å². The van der Waals surface area contributed by atoms with E-state index in [4.69, 9.17) is 9.05 Å². The minimum Gasteiger partial charge on any atom is -0.756 e. The zero-order valence-corrected chi connectivity index (χ0v) is 31.3. The minimum atomic E-state index is -4.55. The predicted molar refractivity (Wildman–Crippen MR) is 196 cm³/mol. The van der Waals surface area contributed by atoms with Crippen molar-refractivity contribution in [2.24, 2.45) is 0 Å². The number of phosphoric acid groups is 1. The highest BCUT2D eigenvalue weighted by molar-refractivity contribution is 7.45. The van der Waals surface area contributed by atoms with E-state index in [-0.39, 0.29) is 19.1 Å². The number of allylic oxidation sites excluding steroid dienone is 10. The van der Waals surface area contributed by atoms with Crippen LogP contribution in [0.25, 0.3) is 0 Å². The van der Waals surface area contributed by atoms with E-state index in [0.29, 0.717) is 23.9 Å². The first-order chi connectivity index (χ1) is 22.5. The zero-order valence-electron chi connectivity index (χ0n) is 30.5. The number of amides is 1. The summed E-state index contributed by atoms with van der Waals surface area (Å²) in [6.45, 7) is 4.42. The van der Waals surface area contributed by atoms with Crippen LogP contribution in [0.4, 0.5) is 0 Å². The number of quaternary nitrogens is 1. The molecular formula is C38H69N2O6P. The normalized spacial score (nSPS) is 15.5. The molecule has 0 aliphatic carbocycles. The molecule has 0 radical (unpaired) electrons. The fraction of sp³-hybridized carbons (Fsp3) is 0.711. The Morgan fingerprint density at radius 2 is 1.30 bits per heavy atom. The molecule has 0 saturated carbocycles. The summed E-state index contributed by atoms with van der Waals surface area (Å²) in [6.07, 6.45) is 37.1. The van der Waals surface area contributed by atoms with Crippen LogP contribution in [-0.4, -0.2) is 68.5 Å². The van der Waals surface area contributed by atoms with Gasteiger partial charge in [0.05, 0.1) is 39.9 Å². The van der Waals surface area contributed by atoms with Gasteiger partial charge in [0.25, 0.3) is 7.82 Å². The molecule has 0 heterocycles. The van der Waals surface area contributed by atoms with E-state index in [0.717, 1.165) is 96.3 Å². The Kier molecular flexibility index (Phi) is 29.1. The van der Waals surface area contributed by atoms with Crippen LogP contribution in [0.3, 0.4) is 0 Å². The largest absolute Gasteiger partial charge is 0.756 e. The number of likely N-dealkylation sites (N-methyl/N-ethyl adjacent to an activating group) is 1. The molecule has 0 rings (SSSR count).